The summed E-state index contributed by atoms with van der Waals surface area (Å²) in [5, 5.41) is 11.3. The number of ether oxygens (including phenoxy) is 1. The Morgan fingerprint density at radius 1 is 0.906 bits per heavy atom. The number of nitrogens with zero attached hydrogens (tertiary/aromatic N) is 1. The molecule has 1 aliphatic rings. The van der Waals surface area contributed by atoms with E-state index in [0.717, 1.165) is 22.3 Å². The highest BCUT2D eigenvalue weighted by Crippen LogP contribution is 2.43. The van der Waals surface area contributed by atoms with E-state index in [0.29, 0.717) is 17.0 Å². The fourth-order valence-electron chi connectivity index (χ4n) is 4.13. The Labute approximate surface area is 187 Å². The molecule has 0 spiro atoms. The Balaban J connectivity index is 1.96. The molecule has 0 bridgehead atoms. The number of aliphatic hydroxyl groups excluding tert-OH is 1. The van der Waals surface area contributed by atoms with E-state index in [9.17, 15) is 14.7 Å². The first-order chi connectivity index (χ1) is 15.3. The van der Waals surface area contributed by atoms with Crippen molar-refractivity contribution in [2.75, 3.05) is 12.0 Å². The van der Waals surface area contributed by atoms with Crippen molar-refractivity contribution in [3.8, 4) is 5.75 Å². The Hall–Kier alpha value is -3.86. The molecule has 3 aromatic rings. The molecule has 162 valence electrons. The summed E-state index contributed by atoms with van der Waals surface area (Å²) in [4.78, 5) is 27.9. The van der Waals surface area contributed by atoms with Gasteiger partial charge in [-0.3, -0.25) is 14.5 Å². The Morgan fingerprint density at radius 2 is 1.59 bits per heavy atom. The SMILES string of the molecule is COc1ccc(N2C(=O)C(=O)/C(=C(/O)c3cc(C)ccc3C)C2c2cccc(C)c2)cc1. The molecule has 1 aliphatic heterocycles. The van der Waals surface area contributed by atoms with Crippen molar-refractivity contribution >= 4 is 23.1 Å². The van der Waals surface area contributed by atoms with Crippen LogP contribution in [-0.2, 0) is 9.59 Å². The van der Waals surface area contributed by atoms with Gasteiger partial charge in [0, 0.05) is 11.3 Å². The molecule has 4 rings (SSSR count). The molecule has 0 aliphatic carbocycles. The molecular weight excluding hydrogens is 402 g/mol. The molecule has 32 heavy (non-hydrogen) atoms. The molecule has 0 aromatic heterocycles. The summed E-state index contributed by atoms with van der Waals surface area (Å²) in [7, 11) is 1.57. The van der Waals surface area contributed by atoms with Gasteiger partial charge in [-0.15, -0.1) is 0 Å². The monoisotopic (exact) mass is 427 g/mol. The molecular formula is C27H25NO4. The second-order valence-corrected chi connectivity index (χ2v) is 8.10. The van der Waals surface area contributed by atoms with Crippen LogP contribution in [0.2, 0.25) is 0 Å². The smallest absolute Gasteiger partial charge is 0.300 e. The van der Waals surface area contributed by atoms with Gasteiger partial charge in [0.25, 0.3) is 11.7 Å². The molecule has 3 aromatic carbocycles. The van der Waals surface area contributed by atoms with E-state index in [1.54, 1.807) is 31.4 Å². The normalized spacial score (nSPS) is 17.6. The van der Waals surface area contributed by atoms with E-state index in [4.69, 9.17) is 4.74 Å². The van der Waals surface area contributed by atoms with Crippen molar-refractivity contribution in [2.24, 2.45) is 0 Å². The van der Waals surface area contributed by atoms with Crippen molar-refractivity contribution in [3.05, 3.63) is 100 Å². The average Bonchev–Trinajstić information content (AvgIpc) is 3.05. The highest BCUT2D eigenvalue weighted by atomic mass is 16.5. The maximum absolute atomic E-state index is 13.3. The lowest BCUT2D eigenvalue weighted by atomic mass is 9.92. The maximum Gasteiger partial charge on any atom is 0.300 e. The summed E-state index contributed by atoms with van der Waals surface area (Å²) in [5.41, 5.74) is 4.72. The number of anilines is 1. The molecule has 1 heterocycles. The van der Waals surface area contributed by atoms with E-state index in [-0.39, 0.29) is 11.3 Å². The second kappa shape index (κ2) is 8.35. The molecule has 1 atom stereocenters. The third-order valence-corrected chi connectivity index (χ3v) is 5.80. The van der Waals surface area contributed by atoms with E-state index in [1.807, 2.05) is 63.2 Å². The molecule has 1 amide bonds. The molecule has 1 unspecified atom stereocenters. The standard InChI is InChI=1S/C27H25NO4/c1-16-6-5-7-19(14-16)24-23(25(29)22-15-17(2)8-9-18(22)3)26(30)27(31)28(24)20-10-12-21(32-4)13-11-20/h5-15,24,29H,1-4H3/b25-23+. The van der Waals surface area contributed by atoms with Gasteiger partial charge in [0.15, 0.2) is 0 Å². The minimum atomic E-state index is -0.747. The fraction of sp³-hybridized carbons (Fsp3) is 0.185. The van der Waals surface area contributed by atoms with Crippen LogP contribution in [0, 0.1) is 20.8 Å². The van der Waals surface area contributed by atoms with Crippen LogP contribution in [0.1, 0.15) is 33.9 Å². The number of methoxy groups -OCH3 is 1. The third-order valence-electron chi connectivity index (χ3n) is 5.80. The predicted octanol–water partition coefficient (Wildman–Crippen LogP) is 5.25. The summed E-state index contributed by atoms with van der Waals surface area (Å²) in [6.07, 6.45) is 0. The first kappa shape index (κ1) is 21.4. The molecule has 0 radical (unpaired) electrons. The van der Waals surface area contributed by atoms with Crippen LogP contribution in [0.3, 0.4) is 0 Å². The fourth-order valence-corrected chi connectivity index (χ4v) is 4.13. The van der Waals surface area contributed by atoms with Crippen LogP contribution < -0.4 is 9.64 Å². The topological polar surface area (TPSA) is 66.8 Å². The zero-order valence-electron chi connectivity index (χ0n) is 18.5. The van der Waals surface area contributed by atoms with Crippen LogP contribution in [0.25, 0.3) is 5.76 Å². The second-order valence-electron chi connectivity index (χ2n) is 8.10. The van der Waals surface area contributed by atoms with Gasteiger partial charge < -0.3 is 9.84 Å². The minimum Gasteiger partial charge on any atom is -0.507 e. The number of hydrogen-bond donors (Lipinski definition) is 1. The molecule has 0 saturated carbocycles. The number of carbonyl (C=O) groups is 2. The minimum absolute atomic E-state index is 0.0881. The number of aryl methyl sites for hydroxylation is 3. The highest BCUT2D eigenvalue weighted by molar-refractivity contribution is 6.51. The van der Waals surface area contributed by atoms with Gasteiger partial charge in [0.1, 0.15) is 11.5 Å². The van der Waals surface area contributed by atoms with Gasteiger partial charge in [-0.05, 0) is 62.2 Å². The number of ketones is 1. The van der Waals surface area contributed by atoms with Crippen LogP contribution in [-0.4, -0.2) is 23.9 Å². The van der Waals surface area contributed by atoms with E-state index >= 15 is 0 Å². The van der Waals surface area contributed by atoms with Crippen molar-refractivity contribution < 1.29 is 19.4 Å². The highest BCUT2D eigenvalue weighted by Gasteiger charge is 2.47. The van der Waals surface area contributed by atoms with E-state index in [1.165, 1.54) is 4.90 Å². The number of amides is 1. The first-order valence-electron chi connectivity index (χ1n) is 10.4. The van der Waals surface area contributed by atoms with E-state index < -0.39 is 17.7 Å². The molecule has 1 N–H and O–H groups in total. The molecule has 1 fully saturated rings. The van der Waals surface area contributed by atoms with Crippen LogP contribution in [0.5, 0.6) is 5.75 Å². The summed E-state index contributed by atoms with van der Waals surface area (Å²) in [5.74, 6) is -0.890. The van der Waals surface area contributed by atoms with Crippen LogP contribution in [0.15, 0.2) is 72.3 Å². The van der Waals surface area contributed by atoms with E-state index in [2.05, 4.69) is 0 Å². The first-order valence-corrected chi connectivity index (χ1v) is 10.4. The third kappa shape index (κ3) is 3.66. The number of rotatable bonds is 4. The largest absolute Gasteiger partial charge is 0.507 e. The lowest BCUT2D eigenvalue weighted by molar-refractivity contribution is -0.132. The van der Waals surface area contributed by atoms with Crippen LogP contribution in [0.4, 0.5) is 5.69 Å². The van der Waals surface area contributed by atoms with Gasteiger partial charge in [-0.1, -0.05) is 47.5 Å². The average molecular weight is 428 g/mol. The predicted molar refractivity (Wildman–Crippen MR) is 125 cm³/mol. The van der Waals surface area contributed by atoms with Gasteiger partial charge in [0.05, 0.1) is 18.7 Å². The Morgan fingerprint density at radius 3 is 2.25 bits per heavy atom. The quantitative estimate of drug-likeness (QED) is 0.351. The lowest BCUT2D eigenvalue weighted by Crippen LogP contribution is -2.29. The number of Topliss-reactive ketones (excluding diaryl/α,β-unsaturated/α-hetero) is 1. The van der Waals surface area contributed by atoms with Gasteiger partial charge in [-0.25, -0.2) is 0 Å². The molecule has 1 saturated heterocycles. The number of benzene rings is 3. The zero-order valence-corrected chi connectivity index (χ0v) is 18.5. The Bertz CT molecular complexity index is 1240. The van der Waals surface area contributed by atoms with Gasteiger partial charge in [0.2, 0.25) is 0 Å². The molecule has 5 heteroatoms. The molecule has 5 nitrogen and oxygen atoms in total. The zero-order chi connectivity index (χ0) is 23.0. The number of carbonyl (C=O) groups excluding carboxylic acids is 2. The number of aliphatic hydroxyl groups is 1. The van der Waals surface area contributed by atoms with Crippen molar-refractivity contribution in [1.29, 1.82) is 0 Å². The number of hydrogen-bond acceptors (Lipinski definition) is 4. The Kier molecular flexibility index (Phi) is 5.57. The summed E-state index contributed by atoms with van der Waals surface area (Å²) in [6.45, 7) is 5.74. The van der Waals surface area contributed by atoms with Gasteiger partial charge >= 0.3 is 0 Å². The summed E-state index contributed by atoms with van der Waals surface area (Å²) in [6, 6.07) is 19.5. The van der Waals surface area contributed by atoms with Crippen LogP contribution >= 0.6 is 0 Å². The van der Waals surface area contributed by atoms with Crippen molar-refractivity contribution in [1.82, 2.24) is 0 Å². The summed E-state index contributed by atoms with van der Waals surface area (Å²) >= 11 is 0. The lowest BCUT2D eigenvalue weighted by Gasteiger charge is -2.26. The van der Waals surface area contributed by atoms with Crippen molar-refractivity contribution in [2.45, 2.75) is 26.8 Å². The maximum atomic E-state index is 13.3. The van der Waals surface area contributed by atoms with Gasteiger partial charge in [-0.2, -0.15) is 0 Å². The van der Waals surface area contributed by atoms with Crippen molar-refractivity contribution in [3.63, 3.8) is 0 Å². The summed E-state index contributed by atoms with van der Waals surface area (Å²) < 4.78 is 5.23.